The first-order valence-electron chi connectivity index (χ1n) is 13.4. The lowest BCUT2D eigenvalue weighted by Crippen LogP contribution is -2.39. The molecule has 206 valence electrons. The highest BCUT2D eigenvalue weighted by Crippen LogP contribution is 2.35. The Bertz CT molecular complexity index is 1380. The first-order valence-corrected chi connectivity index (χ1v) is 13.4. The summed E-state index contributed by atoms with van der Waals surface area (Å²) in [6.45, 7) is 3.30. The second-order valence-electron chi connectivity index (χ2n) is 10.4. The summed E-state index contributed by atoms with van der Waals surface area (Å²) in [5.41, 5.74) is 4.27. The van der Waals surface area contributed by atoms with Crippen LogP contribution in [0.25, 0.3) is 11.1 Å². The molecule has 2 bridgehead atoms. The molecule has 4 rings (SSSR count). The second-order valence-corrected chi connectivity index (χ2v) is 10.4. The molecule has 0 unspecified atom stereocenters. The van der Waals surface area contributed by atoms with Crippen molar-refractivity contribution in [1.82, 2.24) is 14.8 Å². The number of aryl methyl sites for hydroxylation is 1. The van der Waals surface area contributed by atoms with Crippen molar-refractivity contribution < 1.29 is 19.4 Å². The number of rotatable bonds is 6. The number of hydrogen-bond acceptors (Lipinski definition) is 5. The van der Waals surface area contributed by atoms with Crippen molar-refractivity contribution in [2.75, 3.05) is 27.2 Å². The highest BCUT2D eigenvalue weighted by atomic mass is 16.5. The predicted octanol–water partition coefficient (Wildman–Crippen LogP) is 4.36. The molecule has 1 aliphatic rings. The van der Waals surface area contributed by atoms with Crippen LogP contribution >= 0.6 is 0 Å². The summed E-state index contributed by atoms with van der Waals surface area (Å²) >= 11 is 0. The van der Waals surface area contributed by atoms with Crippen molar-refractivity contribution in [3.05, 3.63) is 87.8 Å². The van der Waals surface area contributed by atoms with Gasteiger partial charge in [0.05, 0.1) is 19.1 Å². The molecule has 2 atom stereocenters. The molecular formula is C31H37N3O5. The van der Waals surface area contributed by atoms with Crippen LogP contribution in [0, 0.1) is 6.92 Å². The molecule has 0 aliphatic carbocycles. The van der Waals surface area contributed by atoms with Gasteiger partial charge in [0.1, 0.15) is 11.8 Å². The van der Waals surface area contributed by atoms with Gasteiger partial charge in [0.2, 0.25) is 5.91 Å². The summed E-state index contributed by atoms with van der Waals surface area (Å²) in [5.74, 6) is -0.622. The summed E-state index contributed by atoms with van der Waals surface area (Å²) in [4.78, 5) is 40.6. The van der Waals surface area contributed by atoms with Crippen LogP contribution in [0.3, 0.4) is 0 Å². The van der Waals surface area contributed by atoms with Crippen LogP contribution in [0.5, 0.6) is 5.75 Å². The molecule has 0 radical (unpaired) electrons. The Morgan fingerprint density at radius 1 is 1.10 bits per heavy atom. The highest BCUT2D eigenvalue weighted by molar-refractivity contribution is 5.82. The van der Waals surface area contributed by atoms with E-state index in [9.17, 15) is 19.5 Å². The number of amides is 1. The van der Waals surface area contributed by atoms with Gasteiger partial charge in [-0.2, -0.15) is 0 Å². The minimum absolute atomic E-state index is 0.262. The van der Waals surface area contributed by atoms with Crippen molar-refractivity contribution in [1.29, 1.82) is 0 Å². The summed E-state index contributed by atoms with van der Waals surface area (Å²) in [6.07, 6.45) is 4.00. The van der Waals surface area contributed by atoms with Crippen LogP contribution in [0.4, 0.5) is 0 Å². The maximum absolute atomic E-state index is 13.8. The third-order valence-corrected chi connectivity index (χ3v) is 7.12. The topological polar surface area (TPSA) is 101 Å². The van der Waals surface area contributed by atoms with E-state index in [4.69, 9.17) is 4.74 Å². The quantitative estimate of drug-likeness (QED) is 0.490. The summed E-state index contributed by atoms with van der Waals surface area (Å²) < 4.78 is 7.70. The average molecular weight is 532 g/mol. The van der Waals surface area contributed by atoms with E-state index in [1.165, 1.54) is 10.6 Å². The van der Waals surface area contributed by atoms with Crippen LogP contribution in [0.2, 0.25) is 0 Å². The lowest BCUT2D eigenvalue weighted by molar-refractivity contribution is -0.138. The Balaban J connectivity index is 1.74. The van der Waals surface area contributed by atoms with Gasteiger partial charge in [-0.1, -0.05) is 36.4 Å². The molecule has 0 spiro atoms. The zero-order chi connectivity index (χ0) is 27.9. The van der Waals surface area contributed by atoms with Gasteiger partial charge in [-0.15, -0.1) is 0 Å². The molecule has 2 N–H and O–H groups in total. The first kappa shape index (κ1) is 28.1. The lowest BCUT2D eigenvalue weighted by atomic mass is 9.94. The number of nitrogens with one attached hydrogen (secondary N) is 1. The number of carboxylic acid groups (broad SMARTS) is 1. The van der Waals surface area contributed by atoms with E-state index in [0.717, 1.165) is 41.0 Å². The van der Waals surface area contributed by atoms with E-state index < -0.39 is 18.1 Å². The Morgan fingerprint density at radius 3 is 2.67 bits per heavy atom. The predicted molar refractivity (Wildman–Crippen MR) is 151 cm³/mol. The highest BCUT2D eigenvalue weighted by Gasteiger charge is 2.27. The van der Waals surface area contributed by atoms with Gasteiger partial charge in [-0.05, 0) is 81.1 Å². The van der Waals surface area contributed by atoms with Crippen LogP contribution in [-0.4, -0.2) is 53.7 Å². The Morgan fingerprint density at radius 2 is 1.90 bits per heavy atom. The molecule has 8 heteroatoms. The van der Waals surface area contributed by atoms with Crippen molar-refractivity contribution in [2.45, 2.75) is 51.1 Å². The maximum atomic E-state index is 13.8. The van der Waals surface area contributed by atoms with E-state index in [-0.39, 0.29) is 17.9 Å². The van der Waals surface area contributed by atoms with Crippen LogP contribution < -0.4 is 15.6 Å². The monoisotopic (exact) mass is 531 g/mol. The minimum atomic E-state index is -1.02. The summed E-state index contributed by atoms with van der Waals surface area (Å²) in [6, 6.07) is 15.3. The van der Waals surface area contributed by atoms with E-state index in [1.54, 1.807) is 12.3 Å². The van der Waals surface area contributed by atoms with Crippen LogP contribution in [0.15, 0.2) is 65.6 Å². The van der Waals surface area contributed by atoms with E-state index in [1.807, 2.05) is 63.5 Å². The van der Waals surface area contributed by atoms with Crippen molar-refractivity contribution in [2.24, 2.45) is 0 Å². The lowest BCUT2D eigenvalue weighted by Gasteiger charge is -2.25. The fraction of sp³-hybridized carbons (Fsp3) is 0.387. The van der Waals surface area contributed by atoms with Gasteiger partial charge in [-0.3, -0.25) is 14.4 Å². The summed E-state index contributed by atoms with van der Waals surface area (Å²) in [5, 5.41) is 12.7. The van der Waals surface area contributed by atoms with E-state index in [2.05, 4.69) is 10.2 Å². The molecule has 8 nitrogen and oxygen atoms in total. The van der Waals surface area contributed by atoms with Crippen LogP contribution in [0.1, 0.15) is 54.5 Å². The van der Waals surface area contributed by atoms with Crippen molar-refractivity contribution in [3.63, 3.8) is 0 Å². The SMILES string of the molecule is Cc1cccc2c1-c1cccc(c1)[C@H](CC(=O)O)NC(=O)[C@@H](n1cc(CCN(C)C)ccc1=O)CCCCO2. The fourth-order valence-corrected chi connectivity index (χ4v) is 5.05. The zero-order valence-electron chi connectivity index (χ0n) is 22.9. The number of hydrogen-bond donors (Lipinski definition) is 2. The van der Waals surface area contributed by atoms with Gasteiger partial charge < -0.3 is 24.6 Å². The Hall–Kier alpha value is -3.91. The molecule has 1 aromatic heterocycles. The van der Waals surface area contributed by atoms with E-state index in [0.29, 0.717) is 31.4 Å². The number of benzene rings is 2. The first-order chi connectivity index (χ1) is 18.7. The molecule has 1 amide bonds. The molecular weight excluding hydrogens is 494 g/mol. The smallest absolute Gasteiger partial charge is 0.305 e. The molecule has 0 fully saturated rings. The number of fused-ring (bicyclic) bond motifs is 4. The molecule has 0 saturated heterocycles. The number of pyridine rings is 1. The standard InChI is InChI=1S/C31H37N3O5/c1-21-8-6-12-27-30(21)24-10-7-9-23(18-24)25(19-29(36)37)32-31(38)26(11-4-5-17-39-27)34-20-22(13-14-28(34)35)15-16-33(2)3/h6-10,12-14,18,20,25-26H,4-5,11,15-17,19H2,1-3H3,(H,32,38)(H,36,37)/t25-,26-/m0/s1. The number of ether oxygens (including phenoxy) is 1. The second kappa shape index (κ2) is 12.8. The number of likely N-dealkylation sites (N-methyl/N-ethyl adjacent to an activating group) is 1. The molecule has 0 saturated carbocycles. The number of aliphatic carboxylic acids is 1. The molecule has 39 heavy (non-hydrogen) atoms. The van der Waals surface area contributed by atoms with Gasteiger partial charge >= 0.3 is 5.97 Å². The third kappa shape index (κ3) is 7.15. The van der Waals surface area contributed by atoms with Crippen LogP contribution in [-0.2, 0) is 16.0 Å². The van der Waals surface area contributed by atoms with Gasteiger partial charge in [-0.25, -0.2) is 0 Å². The van der Waals surface area contributed by atoms with Gasteiger partial charge in [0, 0.05) is 24.4 Å². The number of nitrogens with zero attached hydrogens (tertiary/aromatic N) is 2. The number of carbonyl (C=O) groups excluding carboxylic acids is 1. The summed E-state index contributed by atoms with van der Waals surface area (Å²) in [7, 11) is 3.97. The van der Waals surface area contributed by atoms with Crippen molar-refractivity contribution >= 4 is 11.9 Å². The van der Waals surface area contributed by atoms with E-state index >= 15 is 0 Å². The Labute approximate surface area is 229 Å². The number of carbonyl (C=O) groups is 2. The Kier molecular flexibility index (Phi) is 9.19. The minimum Gasteiger partial charge on any atom is -0.493 e. The average Bonchev–Trinajstić information content (AvgIpc) is 2.89. The largest absolute Gasteiger partial charge is 0.493 e. The molecule has 2 heterocycles. The normalized spacial score (nSPS) is 18.0. The molecule has 3 aromatic rings. The maximum Gasteiger partial charge on any atom is 0.305 e. The van der Waals surface area contributed by atoms with Gasteiger partial charge in [0.25, 0.3) is 5.56 Å². The van der Waals surface area contributed by atoms with Crippen molar-refractivity contribution in [3.8, 4) is 16.9 Å². The number of carboxylic acids is 1. The van der Waals surface area contributed by atoms with Gasteiger partial charge in [0.15, 0.2) is 0 Å². The third-order valence-electron chi connectivity index (χ3n) is 7.12. The zero-order valence-corrected chi connectivity index (χ0v) is 22.9. The molecule has 2 aromatic carbocycles. The number of aromatic nitrogens is 1. The fourth-order valence-electron chi connectivity index (χ4n) is 5.05. The molecule has 1 aliphatic heterocycles.